The molecule has 0 radical (unpaired) electrons. The summed E-state index contributed by atoms with van der Waals surface area (Å²) in [5, 5.41) is 0. The Morgan fingerprint density at radius 1 is 0.542 bits per heavy atom. The highest BCUT2D eigenvalue weighted by Crippen LogP contribution is 2.24. The smallest absolute Gasteiger partial charge is 0.233 e. The van der Waals surface area contributed by atoms with Gasteiger partial charge in [-0.05, 0) is 22.0 Å². The van der Waals surface area contributed by atoms with E-state index in [0.29, 0.717) is 11.1 Å². The Morgan fingerprint density at radius 2 is 0.792 bits per heavy atom. The van der Waals surface area contributed by atoms with Crippen LogP contribution in [-0.4, -0.2) is 11.6 Å². The van der Waals surface area contributed by atoms with Crippen molar-refractivity contribution in [1.82, 2.24) is 0 Å². The summed E-state index contributed by atoms with van der Waals surface area (Å²) in [6, 6.07) is 14.6. The minimum Gasteiger partial charge on any atom is -0.285 e. The molecule has 0 unspecified atom stereocenters. The van der Waals surface area contributed by atoms with E-state index in [2.05, 4.69) is 41.5 Å². The zero-order chi connectivity index (χ0) is 18.1. The van der Waals surface area contributed by atoms with Crippen LogP contribution in [0.3, 0.4) is 0 Å². The van der Waals surface area contributed by atoms with E-state index >= 15 is 0 Å². The molecule has 0 aromatic heterocycles. The van der Waals surface area contributed by atoms with Crippen molar-refractivity contribution in [3.05, 3.63) is 70.8 Å². The predicted octanol–water partition coefficient (Wildman–Crippen LogP) is 5.35. The van der Waals surface area contributed by atoms with E-state index < -0.39 is 11.6 Å². The van der Waals surface area contributed by atoms with Gasteiger partial charge >= 0.3 is 0 Å². The Bertz CT molecular complexity index is 669. The minimum absolute atomic E-state index is 0.0222. The van der Waals surface area contributed by atoms with Gasteiger partial charge in [0.05, 0.1) is 0 Å². The summed E-state index contributed by atoms with van der Waals surface area (Å²) in [4.78, 5) is 24.9. The topological polar surface area (TPSA) is 34.1 Å². The Labute approximate surface area is 144 Å². The number of hydrogen-bond acceptors (Lipinski definition) is 2. The third-order valence-corrected chi connectivity index (χ3v) is 4.23. The summed E-state index contributed by atoms with van der Waals surface area (Å²) < 4.78 is 0. The first-order chi connectivity index (χ1) is 11.0. The van der Waals surface area contributed by atoms with E-state index in [9.17, 15) is 9.59 Å². The van der Waals surface area contributed by atoms with Gasteiger partial charge in [-0.25, -0.2) is 0 Å². The average Bonchev–Trinajstić information content (AvgIpc) is 2.52. The lowest BCUT2D eigenvalue weighted by Gasteiger charge is -2.19. The number of benzene rings is 2. The van der Waals surface area contributed by atoms with Gasteiger partial charge in [0.25, 0.3) is 0 Å². The highest BCUT2D eigenvalue weighted by Gasteiger charge is 2.21. The molecule has 0 saturated heterocycles. The van der Waals surface area contributed by atoms with Gasteiger partial charge in [-0.15, -0.1) is 0 Å². The van der Waals surface area contributed by atoms with Crippen molar-refractivity contribution in [2.24, 2.45) is 0 Å². The molecule has 0 aliphatic heterocycles. The fourth-order valence-electron chi connectivity index (χ4n) is 2.51. The molecule has 126 valence electrons. The van der Waals surface area contributed by atoms with Crippen LogP contribution in [-0.2, 0) is 10.8 Å². The van der Waals surface area contributed by atoms with E-state index in [1.54, 1.807) is 24.3 Å². The van der Waals surface area contributed by atoms with Crippen LogP contribution >= 0.6 is 0 Å². The van der Waals surface area contributed by atoms with Gasteiger partial charge in [-0.2, -0.15) is 0 Å². The van der Waals surface area contributed by atoms with Crippen LogP contribution in [0.25, 0.3) is 0 Å². The molecular weight excluding hydrogens is 296 g/mol. The molecule has 0 atom stereocenters. The highest BCUT2D eigenvalue weighted by atomic mass is 16.2. The van der Waals surface area contributed by atoms with Crippen LogP contribution in [0.4, 0.5) is 0 Å². The molecule has 2 aromatic rings. The van der Waals surface area contributed by atoms with Crippen LogP contribution in [0.5, 0.6) is 0 Å². The normalized spacial score (nSPS) is 12.1. The van der Waals surface area contributed by atoms with Crippen LogP contribution in [0.1, 0.15) is 73.4 Å². The van der Waals surface area contributed by atoms with Gasteiger partial charge in [0.2, 0.25) is 11.6 Å². The minimum atomic E-state index is -0.459. The third-order valence-electron chi connectivity index (χ3n) is 4.23. The molecular formula is C22H26O2. The molecule has 24 heavy (non-hydrogen) atoms. The van der Waals surface area contributed by atoms with Crippen molar-refractivity contribution in [2.45, 2.75) is 52.4 Å². The zero-order valence-corrected chi connectivity index (χ0v) is 15.4. The second-order valence-electron chi connectivity index (χ2n) is 8.31. The molecule has 0 aliphatic rings. The third kappa shape index (κ3) is 4.00. The summed E-state index contributed by atoms with van der Waals surface area (Å²) in [7, 11) is 0. The Balaban J connectivity index is 2.22. The van der Waals surface area contributed by atoms with Crippen LogP contribution < -0.4 is 0 Å². The predicted molar refractivity (Wildman–Crippen MR) is 98.9 cm³/mol. The number of hydrogen-bond donors (Lipinski definition) is 0. The van der Waals surface area contributed by atoms with E-state index in [4.69, 9.17) is 0 Å². The molecule has 0 fully saturated rings. The maximum Gasteiger partial charge on any atom is 0.233 e. The molecule has 0 aliphatic carbocycles. The van der Waals surface area contributed by atoms with Crippen molar-refractivity contribution in [2.75, 3.05) is 0 Å². The largest absolute Gasteiger partial charge is 0.285 e. The fraction of sp³-hybridized carbons (Fsp3) is 0.364. The van der Waals surface area contributed by atoms with Crippen molar-refractivity contribution >= 4 is 11.6 Å². The molecule has 0 heterocycles. The van der Waals surface area contributed by atoms with Crippen molar-refractivity contribution < 1.29 is 9.59 Å². The van der Waals surface area contributed by atoms with Gasteiger partial charge in [-0.1, -0.05) is 90.1 Å². The van der Waals surface area contributed by atoms with Gasteiger partial charge in [0.1, 0.15) is 0 Å². The zero-order valence-electron chi connectivity index (χ0n) is 15.4. The number of carbonyl (C=O) groups excluding carboxylic acids is 2. The monoisotopic (exact) mass is 322 g/mol. The summed E-state index contributed by atoms with van der Waals surface area (Å²) in [5.41, 5.74) is 3.20. The van der Waals surface area contributed by atoms with Crippen molar-refractivity contribution in [3.63, 3.8) is 0 Å². The summed E-state index contributed by atoms with van der Waals surface area (Å²) in [6.07, 6.45) is 0. The van der Waals surface area contributed by atoms with E-state index in [1.807, 2.05) is 24.3 Å². The fourth-order valence-corrected chi connectivity index (χ4v) is 2.51. The maximum atomic E-state index is 12.4. The lowest BCUT2D eigenvalue weighted by molar-refractivity contribution is 0.0817. The van der Waals surface area contributed by atoms with E-state index in [1.165, 1.54) is 0 Å². The number of rotatable bonds is 3. The van der Waals surface area contributed by atoms with Crippen molar-refractivity contribution in [3.8, 4) is 0 Å². The van der Waals surface area contributed by atoms with Gasteiger partial charge in [-0.3, -0.25) is 9.59 Å². The summed E-state index contributed by atoms with van der Waals surface area (Å²) in [5.74, 6) is -0.919. The molecule has 0 amide bonds. The Hall–Kier alpha value is -2.22. The molecule has 0 saturated carbocycles. The maximum absolute atomic E-state index is 12.4. The number of carbonyl (C=O) groups is 2. The van der Waals surface area contributed by atoms with Gasteiger partial charge < -0.3 is 0 Å². The molecule has 0 spiro atoms. The first-order valence-electron chi connectivity index (χ1n) is 8.30. The lowest BCUT2D eigenvalue weighted by Crippen LogP contribution is -2.16. The molecule has 0 bridgehead atoms. The highest BCUT2D eigenvalue weighted by molar-refractivity contribution is 6.49. The first kappa shape index (κ1) is 18.1. The average molecular weight is 322 g/mol. The summed E-state index contributed by atoms with van der Waals surface area (Å²) in [6.45, 7) is 12.7. The quantitative estimate of drug-likeness (QED) is 0.564. The Kier molecular flexibility index (Phi) is 4.80. The van der Waals surface area contributed by atoms with Gasteiger partial charge in [0.15, 0.2) is 0 Å². The Morgan fingerprint density at radius 3 is 1.00 bits per heavy atom. The second-order valence-corrected chi connectivity index (χ2v) is 8.31. The van der Waals surface area contributed by atoms with E-state index in [-0.39, 0.29) is 10.8 Å². The van der Waals surface area contributed by atoms with Crippen molar-refractivity contribution in [1.29, 1.82) is 0 Å². The second kappa shape index (κ2) is 6.35. The SMILES string of the molecule is CC(C)(C)c1ccc(C(=O)C(=O)c2ccc(C(C)(C)C)cc2)cc1. The molecule has 2 nitrogen and oxygen atoms in total. The van der Waals surface area contributed by atoms with Crippen LogP contribution in [0, 0.1) is 0 Å². The van der Waals surface area contributed by atoms with Crippen LogP contribution in [0.15, 0.2) is 48.5 Å². The molecule has 2 rings (SSSR count). The summed E-state index contributed by atoms with van der Waals surface area (Å²) >= 11 is 0. The lowest BCUT2D eigenvalue weighted by atomic mass is 9.85. The molecule has 2 heteroatoms. The van der Waals surface area contributed by atoms with Crippen LogP contribution in [0.2, 0.25) is 0 Å². The molecule has 2 aromatic carbocycles. The number of Topliss-reactive ketones (excluding diaryl/α,β-unsaturated/α-hetero) is 2. The van der Waals surface area contributed by atoms with Gasteiger partial charge in [0, 0.05) is 11.1 Å². The standard InChI is InChI=1S/C22H26O2/c1-21(2,3)17-11-7-15(8-12-17)19(23)20(24)16-9-13-18(14-10-16)22(4,5)6/h7-14H,1-6H3. The first-order valence-corrected chi connectivity index (χ1v) is 8.30. The van der Waals surface area contributed by atoms with E-state index in [0.717, 1.165) is 11.1 Å². The number of ketones is 2. The molecule has 0 N–H and O–H groups in total.